The number of ether oxygens (including phenoxy) is 3. The van der Waals surface area contributed by atoms with Crippen molar-refractivity contribution in [1.82, 2.24) is 0 Å². The van der Waals surface area contributed by atoms with Gasteiger partial charge in [-0.2, -0.15) is 5.26 Å². The molecule has 218 valence electrons. The second kappa shape index (κ2) is 9.63. The molecule has 2 unspecified atom stereocenters. The highest BCUT2D eigenvalue weighted by Gasteiger charge is 2.71. The average molecular weight is 552 g/mol. The van der Waals surface area contributed by atoms with Crippen molar-refractivity contribution in [2.45, 2.75) is 79.6 Å². The molecule has 40 heavy (non-hydrogen) atoms. The number of allylic oxidation sites excluding steroid dienone is 4. The molecule has 0 heterocycles. The van der Waals surface area contributed by atoms with Gasteiger partial charge >= 0.3 is 5.97 Å². The standard InChI is InChI=1S/C33H45NO6/c1-20-8-11-33(28(37)39-7)13-12-32(5)26(22(33)14-20)23(35)15-25-29(2)16-21(17-34)27(36)30(3,18-40-19-38-6)24(29)9-10-31(25,32)4/h15-16,20,22,24,26H,8-14,18-19H2,1-7H3/t20-,22?,24+,26?,29-,30+,31+,32+,33-/m0/s1. The number of nitrogens with zero attached hydrogens (tertiary/aromatic N) is 1. The van der Waals surface area contributed by atoms with Crippen LogP contribution in [0.5, 0.6) is 0 Å². The number of hydrogen-bond acceptors (Lipinski definition) is 7. The van der Waals surface area contributed by atoms with Gasteiger partial charge in [-0.15, -0.1) is 0 Å². The van der Waals surface area contributed by atoms with E-state index in [1.54, 1.807) is 7.11 Å². The lowest BCUT2D eigenvalue weighted by atomic mass is 9.34. The first-order chi connectivity index (χ1) is 18.8. The molecule has 3 saturated carbocycles. The molecular weight excluding hydrogens is 506 g/mol. The number of hydrogen-bond donors (Lipinski definition) is 0. The lowest BCUT2D eigenvalue weighted by Crippen LogP contribution is -2.66. The second-order valence-electron chi connectivity index (χ2n) is 14.4. The molecule has 7 heteroatoms. The van der Waals surface area contributed by atoms with E-state index in [2.05, 4.69) is 33.8 Å². The van der Waals surface area contributed by atoms with Crippen molar-refractivity contribution in [2.24, 2.45) is 50.7 Å². The predicted molar refractivity (Wildman–Crippen MR) is 148 cm³/mol. The average Bonchev–Trinajstić information content (AvgIpc) is 2.92. The zero-order valence-corrected chi connectivity index (χ0v) is 25.2. The molecule has 9 atom stereocenters. The Morgan fingerprint density at radius 1 is 1.07 bits per heavy atom. The van der Waals surface area contributed by atoms with Crippen molar-refractivity contribution in [3.05, 3.63) is 23.3 Å². The van der Waals surface area contributed by atoms with Gasteiger partial charge in [-0.3, -0.25) is 14.4 Å². The minimum Gasteiger partial charge on any atom is -0.469 e. The van der Waals surface area contributed by atoms with Gasteiger partial charge in [0, 0.05) is 18.4 Å². The smallest absolute Gasteiger partial charge is 0.312 e. The summed E-state index contributed by atoms with van der Waals surface area (Å²) in [5.41, 5.74) is -1.68. The Morgan fingerprint density at radius 2 is 1.80 bits per heavy atom. The van der Waals surface area contributed by atoms with Crippen LogP contribution < -0.4 is 0 Å². The van der Waals surface area contributed by atoms with Crippen LogP contribution >= 0.6 is 0 Å². The van der Waals surface area contributed by atoms with E-state index < -0.39 is 16.2 Å². The Kier molecular flexibility index (Phi) is 7.03. The molecule has 0 aromatic rings. The minimum atomic E-state index is -0.915. The van der Waals surface area contributed by atoms with Crippen molar-refractivity contribution in [3.8, 4) is 6.07 Å². The third-order valence-electron chi connectivity index (χ3n) is 12.6. The summed E-state index contributed by atoms with van der Waals surface area (Å²) in [5.74, 6) is -0.261. The first-order valence-electron chi connectivity index (χ1n) is 14.9. The predicted octanol–water partition coefficient (Wildman–Crippen LogP) is 5.59. The molecule has 7 nitrogen and oxygen atoms in total. The van der Waals surface area contributed by atoms with Gasteiger partial charge in [0.15, 0.2) is 11.6 Å². The highest BCUT2D eigenvalue weighted by molar-refractivity contribution is 6.05. The maximum absolute atomic E-state index is 14.4. The van der Waals surface area contributed by atoms with Gasteiger partial charge in [-0.1, -0.05) is 39.3 Å². The van der Waals surface area contributed by atoms with Crippen LogP contribution in [0.3, 0.4) is 0 Å². The van der Waals surface area contributed by atoms with E-state index in [1.165, 1.54) is 7.11 Å². The molecule has 0 amide bonds. The molecule has 0 bridgehead atoms. The summed E-state index contributed by atoms with van der Waals surface area (Å²) >= 11 is 0. The number of methoxy groups -OCH3 is 2. The maximum Gasteiger partial charge on any atom is 0.312 e. The molecule has 5 rings (SSSR count). The van der Waals surface area contributed by atoms with Crippen LogP contribution in [-0.4, -0.2) is 45.2 Å². The van der Waals surface area contributed by atoms with E-state index in [0.717, 1.165) is 50.5 Å². The van der Waals surface area contributed by atoms with Crippen molar-refractivity contribution in [1.29, 1.82) is 5.26 Å². The highest BCUT2D eigenvalue weighted by atomic mass is 16.7. The van der Waals surface area contributed by atoms with Crippen molar-refractivity contribution in [2.75, 3.05) is 27.6 Å². The zero-order chi connectivity index (χ0) is 29.3. The fourth-order valence-corrected chi connectivity index (χ4v) is 10.4. The molecular formula is C33H45NO6. The summed E-state index contributed by atoms with van der Waals surface area (Å²) in [6, 6.07) is 2.17. The topological polar surface area (TPSA) is 103 Å². The van der Waals surface area contributed by atoms with Crippen molar-refractivity contribution in [3.63, 3.8) is 0 Å². The lowest BCUT2D eigenvalue weighted by molar-refractivity contribution is -0.188. The number of rotatable bonds is 5. The Hall–Kier alpha value is -2.30. The Labute approximate surface area is 238 Å². The fraction of sp³-hybridized carbons (Fsp3) is 0.758. The van der Waals surface area contributed by atoms with E-state index in [1.807, 2.05) is 19.1 Å². The number of esters is 1. The van der Waals surface area contributed by atoms with Crippen LogP contribution in [0, 0.1) is 62.1 Å². The highest BCUT2D eigenvalue weighted by Crippen LogP contribution is 2.74. The van der Waals surface area contributed by atoms with Gasteiger partial charge in [0.25, 0.3) is 0 Å². The summed E-state index contributed by atoms with van der Waals surface area (Å²) in [6.45, 7) is 11.0. The summed E-state index contributed by atoms with van der Waals surface area (Å²) in [5, 5.41) is 10.0. The third-order valence-corrected chi connectivity index (χ3v) is 12.6. The van der Waals surface area contributed by atoms with Crippen LogP contribution in [-0.2, 0) is 28.6 Å². The quantitative estimate of drug-likeness (QED) is 0.249. The van der Waals surface area contributed by atoms with Crippen molar-refractivity contribution < 1.29 is 28.6 Å². The van der Waals surface area contributed by atoms with E-state index in [0.29, 0.717) is 5.92 Å². The Balaban J connectivity index is 1.65. The number of fused-ring (bicyclic) bond motifs is 7. The van der Waals surface area contributed by atoms with E-state index >= 15 is 0 Å². The van der Waals surface area contributed by atoms with Crippen LogP contribution in [0.2, 0.25) is 0 Å². The molecule has 0 aliphatic heterocycles. The summed E-state index contributed by atoms with van der Waals surface area (Å²) in [6.07, 6.45) is 9.40. The van der Waals surface area contributed by atoms with Crippen LogP contribution in [0.25, 0.3) is 0 Å². The monoisotopic (exact) mass is 551 g/mol. The van der Waals surface area contributed by atoms with Gasteiger partial charge in [0.05, 0.1) is 30.1 Å². The molecule has 0 saturated heterocycles. The fourth-order valence-electron chi connectivity index (χ4n) is 10.4. The summed E-state index contributed by atoms with van der Waals surface area (Å²) < 4.78 is 16.3. The second-order valence-corrected chi connectivity index (χ2v) is 14.4. The molecule has 0 aromatic carbocycles. The number of nitriles is 1. The number of ketones is 2. The molecule has 0 N–H and O–H groups in total. The maximum atomic E-state index is 14.4. The lowest BCUT2D eigenvalue weighted by Gasteiger charge is -2.68. The molecule has 3 fully saturated rings. The van der Waals surface area contributed by atoms with Crippen LogP contribution in [0.15, 0.2) is 23.3 Å². The number of carbonyl (C=O) groups is 3. The van der Waals surface area contributed by atoms with Crippen LogP contribution in [0.1, 0.15) is 79.6 Å². The van der Waals surface area contributed by atoms with Gasteiger partial charge < -0.3 is 14.2 Å². The van der Waals surface area contributed by atoms with E-state index in [4.69, 9.17) is 14.2 Å². The first-order valence-corrected chi connectivity index (χ1v) is 14.9. The Bertz CT molecular complexity index is 1230. The molecule has 0 radical (unpaired) electrons. The largest absolute Gasteiger partial charge is 0.469 e. The van der Waals surface area contributed by atoms with Gasteiger partial charge in [0.1, 0.15) is 12.9 Å². The van der Waals surface area contributed by atoms with Crippen LogP contribution in [0.4, 0.5) is 0 Å². The first kappa shape index (κ1) is 29.2. The van der Waals surface area contributed by atoms with Gasteiger partial charge in [-0.25, -0.2) is 0 Å². The minimum absolute atomic E-state index is 0.0547. The zero-order valence-electron chi connectivity index (χ0n) is 25.2. The van der Waals surface area contributed by atoms with E-state index in [-0.39, 0.29) is 65.1 Å². The summed E-state index contributed by atoms with van der Waals surface area (Å²) in [7, 11) is 3.02. The molecule has 0 aromatic heterocycles. The number of carbonyl (C=O) groups excluding carboxylic acids is 3. The van der Waals surface area contributed by atoms with E-state index in [9.17, 15) is 19.6 Å². The van der Waals surface area contributed by atoms with Gasteiger partial charge in [-0.05, 0) is 86.5 Å². The normalized spacial score (nSPS) is 46.0. The Morgan fingerprint density at radius 3 is 2.45 bits per heavy atom. The molecule has 0 spiro atoms. The number of Topliss-reactive ketones (excluding diaryl/α,β-unsaturated/α-hetero) is 1. The summed E-state index contributed by atoms with van der Waals surface area (Å²) in [4.78, 5) is 41.4. The van der Waals surface area contributed by atoms with Crippen molar-refractivity contribution >= 4 is 17.5 Å². The molecule has 5 aliphatic rings. The van der Waals surface area contributed by atoms with Gasteiger partial charge in [0.2, 0.25) is 0 Å². The third kappa shape index (κ3) is 3.64. The SMILES string of the molecule is COCOC[C@@]1(C)C(=O)C(C#N)=C[C@]2(C)C3=CC(=O)C4C5C[C@@H](C)CC[C@]5(C(=O)OC)CC[C@@]4(C)[C@]3(C)CC[C@@H]12. The molecule has 5 aliphatic carbocycles.